The summed E-state index contributed by atoms with van der Waals surface area (Å²) in [6.45, 7) is 4.07. The third-order valence-electron chi connectivity index (χ3n) is 3.87. The van der Waals surface area contributed by atoms with E-state index in [-0.39, 0.29) is 12.6 Å². The zero-order valence-corrected chi connectivity index (χ0v) is 15.1. The summed E-state index contributed by atoms with van der Waals surface area (Å²) in [5.74, 6) is -1.65. The van der Waals surface area contributed by atoms with Crippen molar-refractivity contribution in [1.29, 1.82) is 0 Å². The fraction of sp³-hybridized carbons (Fsp3) is 0.222. The van der Waals surface area contributed by atoms with E-state index in [0.29, 0.717) is 0 Å². The van der Waals surface area contributed by atoms with Gasteiger partial charge in [-0.05, 0) is 43.5 Å². The summed E-state index contributed by atoms with van der Waals surface area (Å²) in [6, 6.07) is 8.36. The maximum absolute atomic E-state index is 13.7. The molecule has 2 amide bonds. The number of halogens is 2. The fourth-order valence-electron chi connectivity index (χ4n) is 2.71. The first kappa shape index (κ1) is 18.1. The van der Waals surface area contributed by atoms with Crippen LogP contribution in [0.3, 0.4) is 0 Å². The Morgan fingerprint density at radius 3 is 2.54 bits per heavy atom. The maximum Gasteiger partial charge on any atom is 0.319 e. The van der Waals surface area contributed by atoms with Crippen molar-refractivity contribution in [1.82, 2.24) is 15.1 Å². The Kier molecular flexibility index (Phi) is 5.32. The summed E-state index contributed by atoms with van der Waals surface area (Å²) < 4.78 is 29.2. The first-order valence-electron chi connectivity index (χ1n) is 8.00. The van der Waals surface area contributed by atoms with Crippen molar-refractivity contribution < 1.29 is 13.6 Å². The number of hydrogen-bond acceptors (Lipinski definition) is 3. The van der Waals surface area contributed by atoms with Gasteiger partial charge in [-0.25, -0.2) is 13.6 Å². The van der Waals surface area contributed by atoms with Crippen molar-refractivity contribution >= 4 is 23.1 Å². The highest BCUT2D eigenvalue weighted by molar-refractivity contribution is 7.10. The fourth-order valence-corrected chi connectivity index (χ4v) is 3.53. The van der Waals surface area contributed by atoms with E-state index in [0.717, 1.165) is 28.4 Å². The van der Waals surface area contributed by atoms with E-state index in [4.69, 9.17) is 0 Å². The van der Waals surface area contributed by atoms with Crippen LogP contribution in [-0.4, -0.2) is 22.4 Å². The topological polar surface area (TPSA) is 59.0 Å². The molecule has 0 radical (unpaired) electrons. The van der Waals surface area contributed by atoms with Gasteiger partial charge in [0.15, 0.2) is 0 Å². The van der Waals surface area contributed by atoms with Crippen molar-refractivity contribution in [2.45, 2.75) is 19.9 Å². The highest BCUT2D eigenvalue weighted by Crippen LogP contribution is 2.24. The molecular weight excluding hydrogens is 358 g/mol. The first-order valence-corrected chi connectivity index (χ1v) is 8.88. The minimum Gasteiger partial charge on any atom is -0.335 e. The Balaban J connectivity index is 1.74. The van der Waals surface area contributed by atoms with Gasteiger partial charge in [0.05, 0.1) is 5.69 Å². The van der Waals surface area contributed by atoms with Crippen LogP contribution in [0.4, 0.5) is 19.3 Å². The molecule has 3 rings (SSSR count). The van der Waals surface area contributed by atoms with E-state index in [9.17, 15) is 13.6 Å². The molecule has 2 N–H and O–H groups in total. The lowest BCUT2D eigenvalue weighted by atomic mass is 10.2. The Hall–Kier alpha value is -2.74. The third-order valence-corrected chi connectivity index (χ3v) is 4.84. The van der Waals surface area contributed by atoms with Crippen LogP contribution in [0.5, 0.6) is 0 Å². The van der Waals surface area contributed by atoms with Gasteiger partial charge in [-0.3, -0.25) is 4.68 Å². The average molecular weight is 376 g/mol. The van der Waals surface area contributed by atoms with Gasteiger partial charge in [0.1, 0.15) is 23.4 Å². The lowest BCUT2D eigenvalue weighted by molar-refractivity contribution is 0.250. The second-order valence-corrected chi connectivity index (χ2v) is 6.81. The van der Waals surface area contributed by atoms with Crippen molar-refractivity contribution in [2.75, 3.05) is 11.9 Å². The van der Waals surface area contributed by atoms with Gasteiger partial charge >= 0.3 is 6.03 Å². The highest BCUT2D eigenvalue weighted by Gasteiger charge is 2.20. The third kappa shape index (κ3) is 3.91. The molecule has 0 aliphatic carbocycles. The van der Waals surface area contributed by atoms with Crippen molar-refractivity contribution in [3.05, 3.63) is 69.7 Å². The van der Waals surface area contributed by atoms with E-state index in [1.54, 1.807) is 11.3 Å². The van der Waals surface area contributed by atoms with Crippen LogP contribution in [0, 0.1) is 25.5 Å². The number of anilines is 1. The van der Waals surface area contributed by atoms with E-state index in [1.165, 1.54) is 6.07 Å². The monoisotopic (exact) mass is 376 g/mol. The predicted octanol–water partition coefficient (Wildman–Crippen LogP) is 4.25. The molecule has 0 saturated carbocycles. The molecular formula is C18H18F2N4OS. The summed E-state index contributed by atoms with van der Waals surface area (Å²) in [5.41, 5.74) is 1.37. The van der Waals surface area contributed by atoms with Crippen LogP contribution >= 0.6 is 11.3 Å². The number of carbonyl (C=O) groups excluding carboxylic acids is 1. The normalized spacial score (nSPS) is 12.0. The van der Waals surface area contributed by atoms with Crippen molar-refractivity contribution in [3.8, 4) is 0 Å². The van der Waals surface area contributed by atoms with Crippen LogP contribution in [0.1, 0.15) is 22.3 Å². The van der Waals surface area contributed by atoms with Gasteiger partial charge < -0.3 is 10.6 Å². The van der Waals surface area contributed by atoms with Gasteiger partial charge in [-0.1, -0.05) is 12.1 Å². The molecule has 136 valence electrons. The minimum atomic E-state index is -0.825. The van der Waals surface area contributed by atoms with Gasteiger partial charge in [-0.15, -0.1) is 11.3 Å². The standard InChI is InChI=1S/C18H18F2N4OS/c1-11-9-12(2)24(23-11)15(16-7-4-8-26-16)10-21-18(25)22-17-13(19)5-3-6-14(17)20/h3-9,15H,10H2,1-2H3,(H2,21,22,25). The Labute approximate surface area is 153 Å². The van der Waals surface area contributed by atoms with E-state index in [1.807, 2.05) is 42.1 Å². The number of carbonyl (C=O) groups is 1. The SMILES string of the molecule is Cc1cc(C)n(C(CNC(=O)Nc2c(F)cccc2F)c2cccs2)n1. The molecule has 0 spiro atoms. The number of aromatic nitrogens is 2. The lowest BCUT2D eigenvalue weighted by Gasteiger charge is -2.19. The predicted molar refractivity (Wildman–Crippen MR) is 97.5 cm³/mol. The molecule has 2 heterocycles. The molecule has 0 bridgehead atoms. The second kappa shape index (κ2) is 7.65. The van der Waals surface area contributed by atoms with Crippen LogP contribution in [-0.2, 0) is 0 Å². The molecule has 0 fully saturated rings. The summed E-state index contributed by atoms with van der Waals surface area (Å²) >= 11 is 1.55. The molecule has 26 heavy (non-hydrogen) atoms. The number of benzene rings is 1. The number of nitrogens with zero attached hydrogens (tertiary/aromatic N) is 2. The number of thiophene rings is 1. The zero-order valence-electron chi connectivity index (χ0n) is 14.3. The van der Waals surface area contributed by atoms with Crippen molar-refractivity contribution in [3.63, 3.8) is 0 Å². The van der Waals surface area contributed by atoms with Gasteiger partial charge in [0.2, 0.25) is 0 Å². The molecule has 0 aliphatic rings. The van der Waals surface area contributed by atoms with Gasteiger partial charge in [-0.2, -0.15) is 5.10 Å². The summed E-state index contributed by atoms with van der Waals surface area (Å²) in [4.78, 5) is 13.2. The lowest BCUT2D eigenvalue weighted by Crippen LogP contribution is -2.35. The molecule has 8 heteroatoms. The second-order valence-electron chi connectivity index (χ2n) is 5.83. The Morgan fingerprint density at radius 2 is 1.96 bits per heavy atom. The number of rotatable bonds is 5. The first-order chi connectivity index (χ1) is 12.5. The number of amides is 2. The summed E-state index contributed by atoms with van der Waals surface area (Å²) in [6.07, 6.45) is 0. The number of hydrogen-bond donors (Lipinski definition) is 2. The largest absolute Gasteiger partial charge is 0.335 e. The minimum absolute atomic E-state index is 0.208. The number of para-hydroxylation sites is 1. The zero-order chi connectivity index (χ0) is 18.7. The summed E-state index contributed by atoms with van der Waals surface area (Å²) in [7, 11) is 0. The average Bonchev–Trinajstić information content (AvgIpc) is 3.22. The molecule has 2 aromatic heterocycles. The molecule has 3 aromatic rings. The van der Waals surface area contributed by atoms with Crippen molar-refractivity contribution in [2.24, 2.45) is 0 Å². The van der Waals surface area contributed by atoms with E-state index < -0.39 is 23.4 Å². The summed E-state index contributed by atoms with van der Waals surface area (Å²) in [5, 5.41) is 11.3. The Morgan fingerprint density at radius 1 is 1.23 bits per heavy atom. The Bertz CT molecular complexity index is 888. The van der Waals surface area contributed by atoms with Crippen LogP contribution in [0.25, 0.3) is 0 Å². The molecule has 5 nitrogen and oxygen atoms in total. The molecule has 0 aliphatic heterocycles. The van der Waals surface area contributed by atoms with Gasteiger partial charge in [0, 0.05) is 17.1 Å². The van der Waals surface area contributed by atoms with Gasteiger partial charge in [0.25, 0.3) is 0 Å². The quantitative estimate of drug-likeness (QED) is 0.699. The van der Waals surface area contributed by atoms with E-state index >= 15 is 0 Å². The number of urea groups is 1. The molecule has 0 saturated heterocycles. The smallest absolute Gasteiger partial charge is 0.319 e. The van der Waals surface area contributed by atoms with Crippen LogP contribution < -0.4 is 10.6 Å². The molecule has 1 unspecified atom stereocenters. The maximum atomic E-state index is 13.7. The molecule has 1 aromatic carbocycles. The van der Waals surface area contributed by atoms with Crippen LogP contribution in [0.15, 0.2) is 41.8 Å². The van der Waals surface area contributed by atoms with Crippen LogP contribution in [0.2, 0.25) is 0 Å². The number of nitrogens with one attached hydrogen (secondary N) is 2. The number of aryl methyl sites for hydroxylation is 2. The van der Waals surface area contributed by atoms with E-state index in [2.05, 4.69) is 15.7 Å². The highest BCUT2D eigenvalue weighted by atomic mass is 32.1. The molecule has 1 atom stereocenters.